The van der Waals surface area contributed by atoms with Crippen LogP contribution in [0.5, 0.6) is 0 Å². The molecule has 0 aromatic carbocycles. The summed E-state index contributed by atoms with van der Waals surface area (Å²) in [7, 11) is 0. The first-order valence-electron chi connectivity index (χ1n) is 5.65. The third kappa shape index (κ3) is 3.27. The van der Waals surface area contributed by atoms with Crippen molar-refractivity contribution in [3.63, 3.8) is 0 Å². The quantitative estimate of drug-likeness (QED) is 0.454. The Morgan fingerprint density at radius 1 is 1.44 bits per heavy atom. The molecule has 2 nitrogen and oxygen atoms in total. The molecule has 0 aromatic rings. The van der Waals surface area contributed by atoms with Gasteiger partial charge in [0.2, 0.25) is 0 Å². The van der Waals surface area contributed by atoms with Crippen LogP contribution in [0.2, 0.25) is 0 Å². The molecule has 1 aliphatic rings. The molecule has 0 radical (unpaired) electrons. The van der Waals surface area contributed by atoms with Crippen molar-refractivity contribution in [2.45, 2.75) is 32.7 Å². The van der Waals surface area contributed by atoms with Gasteiger partial charge in [-0.25, -0.2) is 0 Å². The SMILES string of the molecule is C\C=C(/C=C\C=C\S)C(=O)N1CCCC1C. The molecule has 1 atom stereocenters. The zero-order valence-electron chi connectivity index (χ0n) is 9.89. The van der Waals surface area contributed by atoms with E-state index in [1.54, 1.807) is 11.5 Å². The highest BCUT2D eigenvalue weighted by atomic mass is 32.1. The minimum atomic E-state index is 0.135. The summed E-state index contributed by atoms with van der Waals surface area (Å²) in [4.78, 5) is 14.1. The highest BCUT2D eigenvalue weighted by Gasteiger charge is 2.25. The molecule has 1 saturated heterocycles. The summed E-state index contributed by atoms with van der Waals surface area (Å²) >= 11 is 3.96. The van der Waals surface area contributed by atoms with Crippen LogP contribution in [0, 0.1) is 0 Å². The van der Waals surface area contributed by atoms with Gasteiger partial charge in [-0.1, -0.05) is 18.2 Å². The van der Waals surface area contributed by atoms with Crippen LogP contribution in [-0.4, -0.2) is 23.4 Å². The third-order valence-electron chi connectivity index (χ3n) is 2.84. The van der Waals surface area contributed by atoms with E-state index in [2.05, 4.69) is 19.6 Å². The average Bonchev–Trinajstić information content (AvgIpc) is 2.70. The van der Waals surface area contributed by atoms with Gasteiger partial charge in [0, 0.05) is 18.2 Å². The predicted molar refractivity (Wildman–Crippen MR) is 71.4 cm³/mol. The van der Waals surface area contributed by atoms with Crippen molar-refractivity contribution in [1.29, 1.82) is 0 Å². The first-order chi connectivity index (χ1) is 7.70. The van der Waals surface area contributed by atoms with E-state index in [0.717, 1.165) is 25.0 Å². The number of carbonyl (C=O) groups is 1. The Hall–Kier alpha value is -0.960. The molecule has 1 unspecified atom stereocenters. The molecular weight excluding hydrogens is 218 g/mol. The van der Waals surface area contributed by atoms with Crippen molar-refractivity contribution in [3.8, 4) is 0 Å². The van der Waals surface area contributed by atoms with Crippen LogP contribution in [0.1, 0.15) is 26.7 Å². The monoisotopic (exact) mass is 237 g/mol. The fraction of sp³-hybridized carbons (Fsp3) is 0.462. The number of thiol groups is 1. The van der Waals surface area contributed by atoms with Crippen molar-refractivity contribution < 1.29 is 4.79 Å². The Balaban J connectivity index is 2.70. The van der Waals surface area contributed by atoms with Gasteiger partial charge in [-0.2, -0.15) is 12.6 Å². The van der Waals surface area contributed by atoms with E-state index in [9.17, 15) is 4.79 Å². The first-order valence-corrected chi connectivity index (χ1v) is 6.17. The number of nitrogens with zero attached hydrogens (tertiary/aromatic N) is 1. The Bertz CT molecular complexity index is 331. The maximum atomic E-state index is 12.1. The van der Waals surface area contributed by atoms with Gasteiger partial charge in [-0.05, 0) is 38.2 Å². The highest BCUT2D eigenvalue weighted by Crippen LogP contribution is 2.19. The Morgan fingerprint density at radius 3 is 2.69 bits per heavy atom. The van der Waals surface area contributed by atoms with E-state index in [1.807, 2.05) is 30.1 Å². The van der Waals surface area contributed by atoms with E-state index in [-0.39, 0.29) is 5.91 Å². The standard InChI is InChI=1S/C13H19NOS/c1-3-12(8-4-5-10-16)13(15)14-9-6-7-11(14)2/h3-5,8,10-11,16H,6-7,9H2,1-2H3/b8-4-,10-5+,12-3+. The van der Waals surface area contributed by atoms with Crippen LogP contribution in [0.25, 0.3) is 0 Å². The van der Waals surface area contributed by atoms with Crippen LogP contribution in [0.3, 0.4) is 0 Å². The van der Waals surface area contributed by atoms with Gasteiger partial charge >= 0.3 is 0 Å². The van der Waals surface area contributed by atoms with Crippen LogP contribution in [0.4, 0.5) is 0 Å². The number of hydrogen-bond donors (Lipinski definition) is 1. The number of hydrogen-bond acceptors (Lipinski definition) is 2. The summed E-state index contributed by atoms with van der Waals surface area (Å²) in [5, 5.41) is 1.65. The predicted octanol–water partition coefficient (Wildman–Crippen LogP) is 2.94. The summed E-state index contributed by atoms with van der Waals surface area (Å²) in [6.45, 7) is 4.88. The normalized spacial score (nSPS) is 22.6. The molecule has 1 amide bonds. The lowest BCUT2D eigenvalue weighted by atomic mass is 10.2. The highest BCUT2D eigenvalue weighted by molar-refractivity contribution is 7.83. The van der Waals surface area contributed by atoms with E-state index in [4.69, 9.17) is 0 Å². The van der Waals surface area contributed by atoms with Crippen LogP contribution in [-0.2, 0) is 4.79 Å². The summed E-state index contributed by atoms with van der Waals surface area (Å²) in [5.41, 5.74) is 0.750. The molecule has 88 valence electrons. The van der Waals surface area contributed by atoms with Gasteiger partial charge in [-0.15, -0.1) is 0 Å². The zero-order valence-corrected chi connectivity index (χ0v) is 10.8. The van der Waals surface area contributed by atoms with E-state index >= 15 is 0 Å². The molecule has 1 heterocycles. The third-order valence-corrected chi connectivity index (χ3v) is 3.02. The maximum absolute atomic E-state index is 12.1. The smallest absolute Gasteiger partial charge is 0.253 e. The molecule has 1 aliphatic heterocycles. The second kappa shape index (κ2) is 6.59. The Kier molecular flexibility index (Phi) is 5.39. The van der Waals surface area contributed by atoms with Gasteiger partial charge < -0.3 is 4.90 Å². The number of amides is 1. The molecule has 1 rings (SSSR count). The Labute approximate surface area is 103 Å². The first kappa shape index (κ1) is 13.1. The van der Waals surface area contributed by atoms with Crippen molar-refractivity contribution in [2.24, 2.45) is 0 Å². The van der Waals surface area contributed by atoms with E-state index < -0.39 is 0 Å². The number of carbonyl (C=O) groups excluding carboxylic acids is 1. The second-order valence-electron chi connectivity index (χ2n) is 3.93. The van der Waals surface area contributed by atoms with Gasteiger partial charge in [0.1, 0.15) is 0 Å². The molecule has 0 aromatic heterocycles. The van der Waals surface area contributed by atoms with Gasteiger partial charge in [0.05, 0.1) is 0 Å². The molecule has 0 N–H and O–H groups in total. The minimum Gasteiger partial charge on any atom is -0.336 e. The molecule has 1 fully saturated rings. The molecule has 0 bridgehead atoms. The number of allylic oxidation sites excluding steroid dienone is 3. The topological polar surface area (TPSA) is 20.3 Å². The molecule has 0 saturated carbocycles. The summed E-state index contributed by atoms with van der Waals surface area (Å²) < 4.78 is 0. The lowest BCUT2D eigenvalue weighted by molar-refractivity contribution is -0.127. The van der Waals surface area contributed by atoms with Crippen molar-refractivity contribution in [1.82, 2.24) is 4.90 Å². The number of rotatable bonds is 3. The lowest BCUT2D eigenvalue weighted by Crippen LogP contribution is -2.34. The molecule has 3 heteroatoms. The second-order valence-corrected chi connectivity index (χ2v) is 4.23. The van der Waals surface area contributed by atoms with Gasteiger partial charge in [-0.3, -0.25) is 4.79 Å². The molecule has 0 spiro atoms. The van der Waals surface area contributed by atoms with Crippen molar-refractivity contribution >= 4 is 18.5 Å². The van der Waals surface area contributed by atoms with Crippen LogP contribution < -0.4 is 0 Å². The number of likely N-dealkylation sites (tertiary alicyclic amines) is 1. The van der Waals surface area contributed by atoms with Crippen molar-refractivity contribution in [2.75, 3.05) is 6.54 Å². The summed E-state index contributed by atoms with van der Waals surface area (Å²) in [6, 6.07) is 0.372. The van der Waals surface area contributed by atoms with E-state index in [0.29, 0.717) is 6.04 Å². The fourth-order valence-corrected chi connectivity index (χ4v) is 2.00. The van der Waals surface area contributed by atoms with Crippen molar-refractivity contribution in [3.05, 3.63) is 35.3 Å². The Morgan fingerprint density at radius 2 is 2.19 bits per heavy atom. The van der Waals surface area contributed by atoms with E-state index in [1.165, 1.54) is 0 Å². The molecular formula is C13H19NOS. The minimum absolute atomic E-state index is 0.135. The maximum Gasteiger partial charge on any atom is 0.253 e. The van der Waals surface area contributed by atoms with Crippen LogP contribution >= 0.6 is 12.6 Å². The summed E-state index contributed by atoms with van der Waals surface area (Å²) in [5.74, 6) is 0.135. The largest absolute Gasteiger partial charge is 0.336 e. The van der Waals surface area contributed by atoms with Crippen LogP contribution in [0.15, 0.2) is 35.3 Å². The lowest BCUT2D eigenvalue weighted by Gasteiger charge is -2.21. The van der Waals surface area contributed by atoms with Gasteiger partial charge in [0.25, 0.3) is 5.91 Å². The average molecular weight is 237 g/mol. The molecule has 0 aliphatic carbocycles. The molecule has 16 heavy (non-hydrogen) atoms. The van der Waals surface area contributed by atoms with Gasteiger partial charge in [0.15, 0.2) is 0 Å². The summed E-state index contributed by atoms with van der Waals surface area (Å²) in [6.07, 6.45) is 9.55. The zero-order chi connectivity index (χ0) is 12.0. The fourth-order valence-electron chi connectivity index (χ4n) is 1.90.